The Morgan fingerprint density at radius 1 is 1.22 bits per heavy atom. The van der Waals surface area contributed by atoms with Gasteiger partial charge in [-0.2, -0.15) is 10.4 Å². The van der Waals surface area contributed by atoms with Crippen molar-refractivity contribution in [1.82, 2.24) is 24.5 Å². The first-order valence-corrected chi connectivity index (χ1v) is 10.2. The molecule has 7 heteroatoms. The SMILES string of the molecule is Cc1nn(-c2ccccc2)c(CSc2nnc(C(C)C)n2C2CC2)c1C#N. The quantitative estimate of drug-likeness (QED) is 0.595. The second-order valence-electron chi connectivity index (χ2n) is 7.15. The minimum atomic E-state index is 0.346. The maximum Gasteiger partial charge on any atom is 0.191 e. The molecule has 138 valence electrons. The molecule has 3 aromatic rings. The monoisotopic (exact) mass is 378 g/mol. The molecule has 0 bridgehead atoms. The Labute approximate surface area is 163 Å². The molecule has 0 aliphatic heterocycles. The number of nitriles is 1. The molecule has 0 spiro atoms. The van der Waals surface area contributed by atoms with Crippen molar-refractivity contribution in [2.75, 3.05) is 0 Å². The molecule has 2 aromatic heterocycles. The molecule has 0 amide bonds. The number of hydrogen-bond acceptors (Lipinski definition) is 5. The minimum Gasteiger partial charge on any atom is -0.303 e. The Morgan fingerprint density at radius 2 is 1.96 bits per heavy atom. The average molecular weight is 379 g/mol. The number of aromatic nitrogens is 5. The van der Waals surface area contributed by atoms with Crippen molar-refractivity contribution in [2.24, 2.45) is 0 Å². The van der Waals surface area contributed by atoms with Crippen LogP contribution in [0.25, 0.3) is 5.69 Å². The van der Waals surface area contributed by atoms with Gasteiger partial charge >= 0.3 is 0 Å². The molecular weight excluding hydrogens is 356 g/mol. The molecular formula is C20H22N6S. The van der Waals surface area contributed by atoms with Crippen LogP contribution in [-0.4, -0.2) is 24.5 Å². The maximum atomic E-state index is 9.64. The Hall–Kier alpha value is -2.59. The molecule has 27 heavy (non-hydrogen) atoms. The standard InChI is InChI=1S/C20H22N6S/c1-13(2)19-22-23-20(25(19)15-9-10-15)27-12-18-17(11-21)14(3)24-26(18)16-7-5-4-6-8-16/h4-8,13,15H,9-10,12H2,1-3H3. The molecule has 0 unspecified atom stereocenters. The Bertz CT molecular complexity index is 992. The van der Waals surface area contributed by atoms with Crippen LogP contribution in [0, 0.1) is 18.3 Å². The lowest BCUT2D eigenvalue weighted by Gasteiger charge is -2.11. The smallest absolute Gasteiger partial charge is 0.191 e. The largest absolute Gasteiger partial charge is 0.303 e. The van der Waals surface area contributed by atoms with Gasteiger partial charge in [0.05, 0.1) is 22.6 Å². The van der Waals surface area contributed by atoms with Crippen LogP contribution in [0.15, 0.2) is 35.5 Å². The fourth-order valence-electron chi connectivity index (χ4n) is 3.23. The van der Waals surface area contributed by atoms with Crippen LogP contribution in [0.5, 0.6) is 0 Å². The van der Waals surface area contributed by atoms with Gasteiger partial charge in [0.2, 0.25) is 0 Å². The average Bonchev–Trinajstić information content (AvgIpc) is 3.33. The zero-order valence-electron chi connectivity index (χ0n) is 15.8. The van der Waals surface area contributed by atoms with Crippen LogP contribution in [0.1, 0.15) is 61.4 Å². The molecule has 1 aliphatic rings. The van der Waals surface area contributed by atoms with Gasteiger partial charge in [0.25, 0.3) is 0 Å². The lowest BCUT2D eigenvalue weighted by atomic mass is 10.2. The first-order chi connectivity index (χ1) is 13.1. The van der Waals surface area contributed by atoms with Crippen LogP contribution in [0.3, 0.4) is 0 Å². The van der Waals surface area contributed by atoms with Gasteiger partial charge in [-0.3, -0.25) is 0 Å². The zero-order chi connectivity index (χ0) is 19.0. The first-order valence-electron chi connectivity index (χ1n) is 9.21. The highest BCUT2D eigenvalue weighted by molar-refractivity contribution is 7.98. The van der Waals surface area contributed by atoms with E-state index in [4.69, 9.17) is 0 Å². The number of benzene rings is 1. The summed E-state index contributed by atoms with van der Waals surface area (Å²) in [6.07, 6.45) is 2.38. The lowest BCUT2D eigenvalue weighted by Crippen LogP contribution is -2.06. The van der Waals surface area contributed by atoms with E-state index in [9.17, 15) is 5.26 Å². The molecule has 0 radical (unpaired) electrons. The number of nitrogens with zero attached hydrogens (tertiary/aromatic N) is 6. The van der Waals surface area contributed by atoms with E-state index in [1.807, 2.05) is 41.9 Å². The van der Waals surface area contributed by atoms with Crippen molar-refractivity contribution in [3.63, 3.8) is 0 Å². The third kappa shape index (κ3) is 3.37. The number of rotatable bonds is 6. The maximum absolute atomic E-state index is 9.64. The lowest BCUT2D eigenvalue weighted by molar-refractivity contribution is 0.599. The Kier molecular flexibility index (Phi) is 4.75. The number of hydrogen-bond donors (Lipinski definition) is 0. The van der Waals surface area contributed by atoms with Crippen LogP contribution in [-0.2, 0) is 5.75 Å². The van der Waals surface area contributed by atoms with Crippen molar-refractivity contribution < 1.29 is 0 Å². The van der Waals surface area contributed by atoms with Crippen LogP contribution < -0.4 is 0 Å². The summed E-state index contributed by atoms with van der Waals surface area (Å²) >= 11 is 1.64. The second-order valence-corrected chi connectivity index (χ2v) is 8.09. The molecule has 2 heterocycles. The van der Waals surface area contributed by atoms with Gasteiger partial charge in [0, 0.05) is 17.7 Å². The highest BCUT2D eigenvalue weighted by Gasteiger charge is 2.30. The van der Waals surface area contributed by atoms with Crippen molar-refractivity contribution in [3.8, 4) is 11.8 Å². The zero-order valence-corrected chi connectivity index (χ0v) is 16.6. The molecule has 1 fully saturated rings. The molecule has 0 atom stereocenters. The minimum absolute atomic E-state index is 0.346. The van der Waals surface area contributed by atoms with Crippen LogP contribution >= 0.6 is 11.8 Å². The summed E-state index contributed by atoms with van der Waals surface area (Å²) < 4.78 is 4.17. The Morgan fingerprint density at radius 3 is 2.59 bits per heavy atom. The third-order valence-electron chi connectivity index (χ3n) is 4.73. The predicted molar refractivity (Wildman–Crippen MR) is 105 cm³/mol. The molecule has 1 aliphatic carbocycles. The molecule has 4 rings (SSSR count). The fraction of sp³-hybridized carbons (Fsp3) is 0.400. The first kappa shape index (κ1) is 17.8. The van der Waals surface area contributed by atoms with Gasteiger partial charge in [-0.15, -0.1) is 10.2 Å². The second kappa shape index (κ2) is 7.20. The van der Waals surface area contributed by atoms with E-state index in [0.29, 0.717) is 23.3 Å². The predicted octanol–water partition coefficient (Wildman–Crippen LogP) is 4.39. The molecule has 0 N–H and O–H groups in total. The van der Waals surface area contributed by atoms with Crippen molar-refractivity contribution in [2.45, 2.75) is 56.5 Å². The number of para-hydroxylation sites is 1. The summed E-state index contributed by atoms with van der Waals surface area (Å²) in [6, 6.07) is 12.8. The summed E-state index contributed by atoms with van der Waals surface area (Å²) in [5.41, 5.74) is 3.27. The van der Waals surface area contributed by atoms with E-state index in [1.54, 1.807) is 11.8 Å². The van der Waals surface area contributed by atoms with Gasteiger partial charge < -0.3 is 4.57 Å². The van der Waals surface area contributed by atoms with Crippen LogP contribution in [0.4, 0.5) is 0 Å². The van der Waals surface area contributed by atoms with Gasteiger partial charge in [0.1, 0.15) is 11.9 Å². The molecule has 1 aromatic carbocycles. The van der Waals surface area contributed by atoms with Gasteiger partial charge in [-0.1, -0.05) is 43.8 Å². The van der Waals surface area contributed by atoms with E-state index < -0.39 is 0 Å². The van der Waals surface area contributed by atoms with Crippen molar-refractivity contribution >= 4 is 11.8 Å². The Balaban J connectivity index is 1.67. The van der Waals surface area contributed by atoms with Crippen LogP contribution in [0.2, 0.25) is 0 Å². The van der Waals surface area contributed by atoms with E-state index in [0.717, 1.165) is 28.1 Å². The fourth-order valence-corrected chi connectivity index (χ4v) is 4.24. The van der Waals surface area contributed by atoms with Crippen molar-refractivity contribution in [3.05, 3.63) is 53.1 Å². The third-order valence-corrected chi connectivity index (χ3v) is 5.68. The molecule has 6 nitrogen and oxygen atoms in total. The van der Waals surface area contributed by atoms with E-state index in [1.165, 1.54) is 12.8 Å². The van der Waals surface area contributed by atoms with Gasteiger partial charge in [-0.05, 0) is 31.9 Å². The van der Waals surface area contributed by atoms with Gasteiger partial charge in [0.15, 0.2) is 5.16 Å². The highest BCUT2D eigenvalue weighted by atomic mass is 32.2. The topological polar surface area (TPSA) is 72.3 Å². The molecule has 1 saturated carbocycles. The number of aryl methyl sites for hydroxylation is 1. The van der Waals surface area contributed by atoms with E-state index in [-0.39, 0.29) is 0 Å². The summed E-state index contributed by atoms with van der Waals surface area (Å²) in [7, 11) is 0. The van der Waals surface area contributed by atoms with E-state index >= 15 is 0 Å². The van der Waals surface area contributed by atoms with Gasteiger partial charge in [-0.25, -0.2) is 4.68 Å². The summed E-state index contributed by atoms with van der Waals surface area (Å²) in [6.45, 7) is 6.19. The number of thioether (sulfide) groups is 1. The summed E-state index contributed by atoms with van der Waals surface area (Å²) in [4.78, 5) is 0. The summed E-state index contributed by atoms with van der Waals surface area (Å²) in [5, 5.41) is 24.0. The normalized spacial score (nSPS) is 13.9. The van der Waals surface area contributed by atoms with Crippen molar-refractivity contribution in [1.29, 1.82) is 5.26 Å². The molecule has 0 saturated heterocycles. The highest BCUT2D eigenvalue weighted by Crippen LogP contribution is 2.40. The van der Waals surface area contributed by atoms with E-state index in [2.05, 4.69) is 39.8 Å². The summed E-state index contributed by atoms with van der Waals surface area (Å²) in [5.74, 6) is 2.02.